The number of rotatable bonds is 6. The molecule has 21 heavy (non-hydrogen) atoms. The van der Waals surface area contributed by atoms with E-state index in [9.17, 15) is 9.59 Å². The van der Waals surface area contributed by atoms with Gasteiger partial charge in [0.25, 0.3) is 0 Å². The molecule has 0 aliphatic heterocycles. The Bertz CT molecular complexity index is 551. The summed E-state index contributed by atoms with van der Waals surface area (Å²) < 4.78 is 3.97. The molecule has 1 aromatic carbocycles. The van der Waals surface area contributed by atoms with Crippen molar-refractivity contribution in [2.75, 3.05) is 6.61 Å². The first kappa shape index (κ1) is 16.3. The second-order valence-electron chi connectivity index (χ2n) is 5.66. The molecule has 0 N–H and O–H groups in total. The summed E-state index contributed by atoms with van der Waals surface area (Å²) in [7, 11) is 0. The molecule has 2 rings (SSSR count). The van der Waals surface area contributed by atoms with E-state index in [4.69, 9.17) is 27.9 Å². The second-order valence-corrected chi connectivity index (χ2v) is 7.14. The highest BCUT2D eigenvalue weighted by Crippen LogP contribution is 2.64. The highest BCUT2D eigenvalue weighted by Gasteiger charge is 2.69. The molecule has 0 heterocycles. The molecule has 5 heteroatoms. The number of hydrogen-bond acceptors (Lipinski definition) is 3. The largest absolute Gasteiger partial charge is 0.457 e. The van der Waals surface area contributed by atoms with Crippen LogP contribution in [0.25, 0.3) is 0 Å². The molecule has 1 aliphatic carbocycles. The van der Waals surface area contributed by atoms with Crippen molar-refractivity contribution in [1.29, 1.82) is 0 Å². The van der Waals surface area contributed by atoms with E-state index in [-0.39, 0.29) is 12.4 Å². The van der Waals surface area contributed by atoms with Crippen LogP contribution >= 0.6 is 23.2 Å². The molecule has 1 unspecified atom stereocenters. The molecule has 1 fully saturated rings. The molecule has 1 aromatic rings. The van der Waals surface area contributed by atoms with E-state index < -0.39 is 15.7 Å². The van der Waals surface area contributed by atoms with Gasteiger partial charge in [-0.15, -0.1) is 23.2 Å². The number of alkyl halides is 2. The zero-order valence-electron chi connectivity index (χ0n) is 12.1. The first-order chi connectivity index (χ1) is 9.80. The lowest BCUT2D eigenvalue weighted by molar-refractivity contribution is -0.148. The van der Waals surface area contributed by atoms with Gasteiger partial charge in [-0.2, -0.15) is 0 Å². The lowest BCUT2D eigenvalue weighted by atomic mass is 10.1. The minimum absolute atomic E-state index is 0.231. The van der Waals surface area contributed by atoms with E-state index in [0.717, 1.165) is 12.8 Å². The number of ketones is 1. The van der Waals surface area contributed by atoms with Crippen LogP contribution in [0.4, 0.5) is 0 Å². The van der Waals surface area contributed by atoms with E-state index in [1.54, 1.807) is 19.1 Å². The Hall–Kier alpha value is -1.06. The summed E-state index contributed by atoms with van der Waals surface area (Å²) in [6, 6.07) is 7.35. The Balaban J connectivity index is 1.89. The van der Waals surface area contributed by atoms with Gasteiger partial charge in [-0.25, -0.2) is 0 Å². The molecule has 0 aromatic heterocycles. The Labute approximate surface area is 134 Å². The predicted molar refractivity (Wildman–Crippen MR) is 82.9 cm³/mol. The Morgan fingerprint density at radius 3 is 2.29 bits per heavy atom. The maximum Gasteiger partial charge on any atom is 0.315 e. The average molecular weight is 329 g/mol. The fourth-order valence-corrected chi connectivity index (χ4v) is 2.83. The van der Waals surface area contributed by atoms with Crippen molar-refractivity contribution >= 4 is 35.0 Å². The Morgan fingerprint density at radius 2 is 1.81 bits per heavy atom. The molecule has 1 aliphatic rings. The van der Waals surface area contributed by atoms with Crippen molar-refractivity contribution in [1.82, 2.24) is 0 Å². The van der Waals surface area contributed by atoms with E-state index >= 15 is 0 Å². The molecule has 1 atom stereocenters. The van der Waals surface area contributed by atoms with Crippen LogP contribution in [0.5, 0.6) is 0 Å². The number of carbonyl (C=O) groups is 2. The van der Waals surface area contributed by atoms with Crippen LogP contribution in [-0.4, -0.2) is 22.7 Å². The maximum atomic E-state index is 12.0. The fraction of sp³-hybridized carbons (Fsp3) is 0.500. The summed E-state index contributed by atoms with van der Waals surface area (Å²) in [5.74, 6) is -0.756. The van der Waals surface area contributed by atoms with Crippen LogP contribution in [0.3, 0.4) is 0 Å². The monoisotopic (exact) mass is 328 g/mol. The summed E-state index contributed by atoms with van der Waals surface area (Å²) in [6.45, 7) is 3.45. The number of benzene rings is 1. The van der Waals surface area contributed by atoms with Crippen molar-refractivity contribution in [3.8, 4) is 0 Å². The zero-order chi connectivity index (χ0) is 15.7. The van der Waals surface area contributed by atoms with Gasteiger partial charge < -0.3 is 4.74 Å². The van der Waals surface area contributed by atoms with Crippen molar-refractivity contribution in [3.63, 3.8) is 0 Å². The number of hydrogen-bond donors (Lipinski definition) is 0. The first-order valence-electron chi connectivity index (χ1n) is 6.97. The van der Waals surface area contributed by atoms with Gasteiger partial charge in [-0.3, -0.25) is 9.59 Å². The van der Waals surface area contributed by atoms with Crippen LogP contribution in [0.15, 0.2) is 24.3 Å². The molecule has 0 spiro atoms. The van der Waals surface area contributed by atoms with Gasteiger partial charge in [0.2, 0.25) is 0 Å². The van der Waals surface area contributed by atoms with E-state index in [1.165, 1.54) is 5.56 Å². The summed E-state index contributed by atoms with van der Waals surface area (Å²) in [5, 5.41) is 0. The predicted octanol–water partition coefficient (Wildman–Crippen LogP) is 3.95. The molecule has 1 saturated carbocycles. The van der Waals surface area contributed by atoms with Crippen LogP contribution in [0.1, 0.15) is 42.6 Å². The quantitative estimate of drug-likeness (QED) is 0.451. The molecule has 114 valence electrons. The molecule has 0 amide bonds. The van der Waals surface area contributed by atoms with Crippen molar-refractivity contribution in [3.05, 3.63) is 35.4 Å². The summed E-state index contributed by atoms with van der Waals surface area (Å²) in [6.07, 6.45) is 2.39. The molecule has 3 nitrogen and oxygen atoms in total. The highest BCUT2D eigenvalue weighted by atomic mass is 35.5. The number of aryl methyl sites for hydroxylation is 1. The normalized spacial score (nSPS) is 22.7. The minimum Gasteiger partial charge on any atom is -0.457 e. The number of esters is 1. The lowest BCUT2D eigenvalue weighted by Gasteiger charge is -2.11. The van der Waals surface area contributed by atoms with Crippen molar-refractivity contribution < 1.29 is 14.3 Å². The Kier molecular flexibility index (Phi) is 4.64. The lowest BCUT2D eigenvalue weighted by Crippen LogP contribution is -2.24. The topological polar surface area (TPSA) is 43.4 Å². The summed E-state index contributed by atoms with van der Waals surface area (Å²) >= 11 is 11.8. The van der Waals surface area contributed by atoms with Crippen molar-refractivity contribution in [2.24, 2.45) is 5.41 Å². The Morgan fingerprint density at radius 1 is 1.24 bits per heavy atom. The second kappa shape index (κ2) is 5.98. The molecular formula is C16H18Cl2O3. The molecular weight excluding hydrogens is 311 g/mol. The van der Waals surface area contributed by atoms with Gasteiger partial charge in [-0.05, 0) is 18.9 Å². The minimum atomic E-state index is -1.07. The van der Waals surface area contributed by atoms with E-state index in [2.05, 4.69) is 6.92 Å². The van der Waals surface area contributed by atoms with Gasteiger partial charge in [0.15, 0.2) is 12.4 Å². The van der Waals surface area contributed by atoms with Gasteiger partial charge in [0.1, 0.15) is 9.75 Å². The van der Waals surface area contributed by atoms with E-state index in [0.29, 0.717) is 12.0 Å². The van der Waals surface area contributed by atoms with Gasteiger partial charge in [0, 0.05) is 12.0 Å². The van der Waals surface area contributed by atoms with Crippen LogP contribution in [-0.2, 0) is 16.0 Å². The average Bonchev–Trinajstić information content (AvgIpc) is 2.97. The molecule has 0 bridgehead atoms. The van der Waals surface area contributed by atoms with Crippen LogP contribution in [0.2, 0.25) is 0 Å². The number of Topliss-reactive ketones (excluding diaryl/α,β-unsaturated/α-hetero) is 1. The molecule has 0 radical (unpaired) electrons. The number of halogens is 2. The third kappa shape index (κ3) is 3.41. The third-order valence-electron chi connectivity index (χ3n) is 3.86. The third-order valence-corrected chi connectivity index (χ3v) is 4.96. The molecule has 0 saturated heterocycles. The first-order valence-corrected chi connectivity index (χ1v) is 7.73. The van der Waals surface area contributed by atoms with Crippen LogP contribution < -0.4 is 0 Å². The smallest absolute Gasteiger partial charge is 0.315 e. The van der Waals surface area contributed by atoms with Gasteiger partial charge in [-0.1, -0.05) is 37.6 Å². The number of carbonyl (C=O) groups excluding carboxylic acids is 2. The fourth-order valence-electron chi connectivity index (χ4n) is 2.14. The van der Waals surface area contributed by atoms with Gasteiger partial charge >= 0.3 is 5.97 Å². The summed E-state index contributed by atoms with van der Waals surface area (Å²) in [4.78, 5) is 23.9. The summed E-state index contributed by atoms with van der Waals surface area (Å²) in [5.41, 5.74) is 0.818. The van der Waals surface area contributed by atoms with Crippen LogP contribution in [0, 0.1) is 5.41 Å². The number of ether oxygens (including phenoxy) is 1. The zero-order valence-corrected chi connectivity index (χ0v) is 13.6. The SMILES string of the molecule is CCCc1ccc(C(=O)COC(=O)C2(C)CC2(Cl)Cl)cc1. The maximum absolute atomic E-state index is 12.0. The standard InChI is InChI=1S/C16H18Cl2O3/c1-3-4-11-5-7-12(8-6-11)13(19)9-21-14(20)15(2)10-16(15,17)18/h5-8H,3-4,9-10H2,1-2H3. The highest BCUT2D eigenvalue weighted by molar-refractivity contribution is 6.53. The van der Waals surface area contributed by atoms with Gasteiger partial charge in [0.05, 0.1) is 0 Å². The van der Waals surface area contributed by atoms with Crippen molar-refractivity contribution in [2.45, 2.75) is 37.4 Å². The van der Waals surface area contributed by atoms with E-state index in [1.807, 2.05) is 12.1 Å².